The minimum Gasteiger partial charge on any atom is -0.256 e. The van der Waals surface area contributed by atoms with Crippen LogP contribution < -0.4 is 0 Å². The molecule has 0 spiro atoms. The van der Waals surface area contributed by atoms with E-state index in [-0.39, 0.29) is 0 Å². The van der Waals surface area contributed by atoms with Gasteiger partial charge in [-0.15, -0.1) is 11.3 Å². The first-order valence-corrected chi connectivity index (χ1v) is 19.4. The van der Waals surface area contributed by atoms with Crippen molar-refractivity contribution in [1.29, 1.82) is 0 Å². The highest BCUT2D eigenvalue weighted by molar-refractivity contribution is 7.26. The van der Waals surface area contributed by atoms with Crippen LogP contribution in [-0.2, 0) is 0 Å². The lowest BCUT2D eigenvalue weighted by atomic mass is 9.93. The highest BCUT2D eigenvalue weighted by Crippen LogP contribution is 2.44. The SMILES string of the molecule is Cc1c(-c2cccc(-c3cc(-c4ccc(-c5c#cccn5)cc4)nc(-c4ccc(-c5ccccn5)cc4)c3)c2)nc2c(sc3ccccc32)c1-c1ccccc1. The zero-order valence-electron chi connectivity index (χ0n) is 30.4. The summed E-state index contributed by atoms with van der Waals surface area (Å²) < 4.78 is 2.46. The molecule has 5 aromatic carbocycles. The second kappa shape index (κ2) is 14.2. The average molecular weight is 733 g/mol. The number of hydrogen-bond acceptors (Lipinski definition) is 5. The standard InChI is InChI=1S/C51H32N4S/c1-33-48(38-12-3-2-4-13-38)51-50(42-16-5-6-19-47(42)56-51)55-49(33)40-15-11-14-39(30-40)41-31-45(36-24-20-34(21-25-36)43-17-7-9-28-52-43)54-46(32-41)37-26-22-35(23-27-37)44-18-8-10-29-53-44/h2-7,9-17,19-32H,1H3. The van der Waals surface area contributed by atoms with Gasteiger partial charge in [-0.2, -0.15) is 0 Å². The summed E-state index contributed by atoms with van der Waals surface area (Å²) in [6, 6.07) is 63.1. The Labute approximate surface area is 329 Å². The fraction of sp³-hybridized carbons (Fsp3) is 0.0196. The molecule has 5 heterocycles. The van der Waals surface area contributed by atoms with Gasteiger partial charge in [-0.25, -0.2) is 15.0 Å². The fourth-order valence-corrected chi connectivity index (χ4v) is 8.72. The number of thiophene rings is 1. The van der Waals surface area contributed by atoms with Crippen LogP contribution in [0.15, 0.2) is 176 Å². The van der Waals surface area contributed by atoms with Crippen molar-refractivity contribution >= 4 is 31.6 Å². The minimum atomic E-state index is 0.763. The Hall–Kier alpha value is -7.26. The van der Waals surface area contributed by atoms with Crippen molar-refractivity contribution in [3.05, 3.63) is 194 Å². The highest BCUT2D eigenvalue weighted by atomic mass is 32.1. The van der Waals surface area contributed by atoms with E-state index in [4.69, 9.17) is 9.97 Å². The number of pyridine rings is 3. The number of aromatic nitrogens is 4. The molecular formula is C51H32N4S. The monoisotopic (exact) mass is 732 g/mol. The summed E-state index contributed by atoms with van der Waals surface area (Å²) in [4.78, 5) is 19.7. The maximum absolute atomic E-state index is 5.43. The van der Waals surface area contributed by atoms with E-state index in [1.54, 1.807) is 12.3 Å². The Balaban J connectivity index is 1.12. The summed E-state index contributed by atoms with van der Waals surface area (Å²) >= 11 is 1.82. The van der Waals surface area contributed by atoms with E-state index in [0.29, 0.717) is 0 Å². The Bertz CT molecular complexity index is 2890. The first-order chi connectivity index (χ1) is 27.7. The van der Waals surface area contributed by atoms with Crippen molar-refractivity contribution in [1.82, 2.24) is 19.9 Å². The third-order valence-electron chi connectivity index (χ3n) is 10.3. The molecule has 0 radical (unpaired) electrons. The number of hydrogen-bond donors (Lipinski definition) is 0. The summed E-state index contributed by atoms with van der Waals surface area (Å²) in [6.45, 7) is 2.21. The lowest BCUT2D eigenvalue weighted by Gasteiger charge is -2.15. The molecule has 0 saturated carbocycles. The second-order valence-electron chi connectivity index (χ2n) is 13.7. The first-order valence-electron chi connectivity index (χ1n) is 18.5. The summed E-state index contributed by atoms with van der Waals surface area (Å²) in [5.41, 5.74) is 16.4. The molecule has 5 heteroatoms. The number of benzene rings is 5. The molecule has 5 aromatic heterocycles. The van der Waals surface area contributed by atoms with Crippen molar-refractivity contribution < 1.29 is 0 Å². The van der Waals surface area contributed by atoms with Gasteiger partial charge in [0.15, 0.2) is 0 Å². The summed E-state index contributed by atoms with van der Waals surface area (Å²) in [5, 5.41) is 1.18. The molecule has 0 atom stereocenters. The zero-order valence-corrected chi connectivity index (χ0v) is 31.3. The lowest BCUT2D eigenvalue weighted by molar-refractivity contribution is 1.31. The molecule has 0 aliphatic heterocycles. The Kier molecular flexibility index (Phi) is 8.44. The van der Waals surface area contributed by atoms with Crippen LogP contribution in [0.2, 0.25) is 0 Å². The van der Waals surface area contributed by atoms with Crippen LogP contribution in [0.3, 0.4) is 0 Å². The van der Waals surface area contributed by atoms with Gasteiger partial charge in [0, 0.05) is 61.9 Å². The molecule has 0 aliphatic rings. The maximum atomic E-state index is 5.43. The average Bonchev–Trinajstić information content (AvgIpc) is 3.65. The van der Waals surface area contributed by atoms with Crippen LogP contribution in [0.25, 0.3) is 98.8 Å². The molecule has 56 heavy (non-hydrogen) atoms. The third-order valence-corrected chi connectivity index (χ3v) is 11.4. The summed E-state index contributed by atoms with van der Waals surface area (Å²) in [6.07, 6.45) is 3.56. The number of nitrogens with zero attached hydrogens (tertiary/aromatic N) is 4. The minimum absolute atomic E-state index is 0.763. The Morgan fingerprint density at radius 3 is 1.86 bits per heavy atom. The van der Waals surface area contributed by atoms with E-state index in [1.165, 1.54) is 31.5 Å². The van der Waals surface area contributed by atoms with Gasteiger partial charge in [0.05, 0.1) is 33.0 Å². The van der Waals surface area contributed by atoms with Crippen molar-refractivity contribution in [3.8, 4) is 78.5 Å². The van der Waals surface area contributed by atoms with Crippen molar-refractivity contribution in [2.24, 2.45) is 0 Å². The Morgan fingerprint density at radius 1 is 0.482 bits per heavy atom. The van der Waals surface area contributed by atoms with E-state index in [9.17, 15) is 0 Å². The highest BCUT2D eigenvalue weighted by Gasteiger charge is 2.19. The second-order valence-corrected chi connectivity index (χ2v) is 14.8. The normalized spacial score (nSPS) is 11.2. The van der Waals surface area contributed by atoms with Crippen LogP contribution in [0.5, 0.6) is 0 Å². The van der Waals surface area contributed by atoms with Gasteiger partial charge in [-0.1, -0.05) is 127 Å². The molecule has 0 saturated heterocycles. The predicted molar refractivity (Wildman–Crippen MR) is 231 cm³/mol. The van der Waals surface area contributed by atoms with E-state index in [2.05, 4.69) is 169 Å². The molecule has 0 aliphatic carbocycles. The molecule has 10 aromatic rings. The quantitative estimate of drug-likeness (QED) is 0.164. The smallest absolute Gasteiger partial charge is 0.120 e. The fourth-order valence-electron chi connectivity index (χ4n) is 7.45. The molecule has 0 N–H and O–H groups in total. The van der Waals surface area contributed by atoms with Gasteiger partial charge in [-0.3, -0.25) is 4.98 Å². The summed E-state index contributed by atoms with van der Waals surface area (Å²) in [7, 11) is 0. The molecule has 4 nitrogen and oxygen atoms in total. The molecule has 0 fully saturated rings. The van der Waals surface area contributed by atoms with Gasteiger partial charge >= 0.3 is 0 Å². The third kappa shape index (κ3) is 6.18. The van der Waals surface area contributed by atoms with E-state index >= 15 is 0 Å². The molecule has 0 bridgehead atoms. The Morgan fingerprint density at radius 2 is 1.14 bits per heavy atom. The van der Waals surface area contributed by atoms with Crippen molar-refractivity contribution in [3.63, 3.8) is 0 Å². The van der Waals surface area contributed by atoms with Crippen LogP contribution >= 0.6 is 11.3 Å². The van der Waals surface area contributed by atoms with Crippen LogP contribution in [0.4, 0.5) is 0 Å². The van der Waals surface area contributed by atoms with Gasteiger partial charge in [0.25, 0.3) is 0 Å². The van der Waals surface area contributed by atoms with E-state index in [1.807, 2.05) is 35.7 Å². The van der Waals surface area contributed by atoms with Gasteiger partial charge < -0.3 is 0 Å². The first kappa shape index (κ1) is 33.3. The topological polar surface area (TPSA) is 51.6 Å². The van der Waals surface area contributed by atoms with Crippen LogP contribution in [0, 0.1) is 19.1 Å². The molecule has 10 rings (SSSR count). The predicted octanol–water partition coefficient (Wildman–Crippen LogP) is 13.2. The lowest BCUT2D eigenvalue weighted by Crippen LogP contribution is -1.95. The van der Waals surface area contributed by atoms with E-state index < -0.39 is 0 Å². The van der Waals surface area contributed by atoms with Gasteiger partial charge in [-0.05, 0) is 71.6 Å². The van der Waals surface area contributed by atoms with Crippen LogP contribution in [-0.4, -0.2) is 19.9 Å². The van der Waals surface area contributed by atoms with E-state index in [0.717, 1.165) is 72.9 Å². The molecule has 0 amide bonds. The molecule has 262 valence electrons. The van der Waals surface area contributed by atoms with Gasteiger partial charge in [0.2, 0.25) is 0 Å². The molecular weight excluding hydrogens is 701 g/mol. The molecule has 0 unspecified atom stereocenters. The summed E-state index contributed by atoms with van der Waals surface area (Å²) in [5.74, 6) is 0. The largest absolute Gasteiger partial charge is 0.256 e. The number of rotatable bonds is 7. The van der Waals surface area contributed by atoms with Crippen molar-refractivity contribution in [2.75, 3.05) is 0 Å². The van der Waals surface area contributed by atoms with Crippen LogP contribution in [0.1, 0.15) is 5.56 Å². The zero-order chi connectivity index (χ0) is 37.4. The van der Waals surface area contributed by atoms with Crippen molar-refractivity contribution in [2.45, 2.75) is 6.92 Å². The number of fused-ring (bicyclic) bond motifs is 3. The van der Waals surface area contributed by atoms with Gasteiger partial charge in [0.1, 0.15) is 5.69 Å². The maximum Gasteiger partial charge on any atom is 0.120 e.